The lowest BCUT2D eigenvalue weighted by atomic mass is 9.91. The maximum Gasteiger partial charge on any atom is 0.208 e. The molecule has 2 aromatic rings. The van der Waals surface area contributed by atoms with E-state index >= 15 is 0 Å². The molecule has 128 valence electrons. The molecule has 1 fully saturated rings. The van der Waals surface area contributed by atoms with Crippen LogP contribution in [0.3, 0.4) is 0 Å². The van der Waals surface area contributed by atoms with Gasteiger partial charge >= 0.3 is 0 Å². The standard InChI is InChI=1S/C20H22N4O/c1-23-11-8-20(9-12-23)24-18(16-6-2-3-7-19(16)25-20)13-17(22-24)15-5-4-10-21-14-15/h2-7,10,14,18H,8-9,11-13H2,1H3/p+1/t18-/m1/s1. The predicted molar refractivity (Wildman–Crippen MR) is 95.6 cm³/mol. The van der Waals surface area contributed by atoms with Crippen molar-refractivity contribution in [2.24, 2.45) is 5.10 Å². The summed E-state index contributed by atoms with van der Waals surface area (Å²) in [5.41, 5.74) is 3.18. The monoisotopic (exact) mass is 335 g/mol. The summed E-state index contributed by atoms with van der Waals surface area (Å²) in [5, 5.41) is 7.32. The third-order valence-corrected chi connectivity index (χ3v) is 5.79. The van der Waals surface area contributed by atoms with Crippen LogP contribution < -0.4 is 9.64 Å². The Balaban J connectivity index is 1.59. The zero-order valence-electron chi connectivity index (χ0n) is 14.5. The minimum atomic E-state index is -0.303. The Morgan fingerprint density at radius 2 is 2.00 bits per heavy atom. The second-order valence-corrected chi connectivity index (χ2v) is 7.40. The molecule has 1 aromatic heterocycles. The molecule has 0 saturated carbocycles. The van der Waals surface area contributed by atoms with Gasteiger partial charge in [-0.05, 0) is 12.1 Å². The number of hydrogen-bond donors (Lipinski definition) is 1. The van der Waals surface area contributed by atoms with Gasteiger partial charge in [0.15, 0.2) is 0 Å². The van der Waals surface area contributed by atoms with Crippen molar-refractivity contribution < 1.29 is 9.64 Å². The van der Waals surface area contributed by atoms with Gasteiger partial charge in [0.25, 0.3) is 0 Å². The maximum absolute atomic E-state index is 6.60. The third-order valence-electron chi connectivity index (χ3n) is 5.79. The molecule has 0 amide bonds. The Bertz CT molecular complexity index is 811. The number of rotatable bonds is 1. The van der Waals surface area contributed by atoms with E-state index < -0.39 is 0 Å². The first-order chi connectivity index (χ1) is 12.3. The summed E-state index contributed by atoms with van der Waals surface area (Å²) >= 11 is 0. The molecule has 5 heteroatoms. The van der Waals surface area contributed by atoms with Gasteiger partial charge in [-0.3, -0.25) is 4.98 Å². The molecule has 5 rings (SSSR count). The highest BCUT2D eigenvalue weighted by molar-refractivity contribution is 6.01. The highest BCUT2D eigenvalue weighted by Crippen LogP contribution is 2.48. The number of nitrogens with one attached hydrogen (secondary N) is 1. The summed E-state index contributed by atoms with van der Waals surface area (Å²) in [6.45, 7) is 2.23. The molecule has 0 unspecified atom stereocenters. The van der Waals surface area contributed by atoms with Gasteiger partial charge in [0.05, 0.1) is 44.7 Å². The van der Waals surface area contributed by atoms with Crippen molar-refractivity contribution >= 4 is 5.71 Å². The molecule has 4 heterocycles. The molecule has 3 aliphatic heterocycles. The molecule has 25 heavy (non-hydrogen) atoms. The summed E-state index contributed by atoms with van der Waals surface area (Å²) in [6, 6.07) is 12.8. The summed E-state index contributed by atoms with van der Waals surface area (Å²) in [6.07, 6.45) is 6.65. The lowest BCUT2D eigenvalue weighted by molar-refractivity contribution is -0.888. The number of likely N-dealkylation sites (tertiary alicyclic amines) is 1. The van der Waals surface area contributed by atoms with Gasteiger partial charge < -0.3 is 9.64 Å². The van der Waals surface area contributed by atoms with Crippen molar-refractivity contribution in [2.75, 3.05) is 20.1 Å². The van der Waals surface area contributed by atoms with Gasteiger partial charge in [-0.15, -0.1) is 0 Å². The molecule has 0 bridgehead atoms. The number of benzene rings is 1. The van der Waals surface area contributed by atoms with Gasteiger partial charge in [-0.2, -0.15) is 5.10 Å². The number of quaternary nitrogens is 1. The van der Waals surface area contributed by atoms with Crippen molar-refractivity contribution in [1.82, 2.24) is 9.99 Å². The van der Waals surface area contributed by atoms with Crippen LogP contribution in [0.25, 0.3) is 0 Å². The number of ether oxygens (including phenoxy) is 1. The maximum atomic E-state index is 6.60. The number of piperidine rings is 1. The average Bonchev–Trinajstić information content (AvgIpc) is 3.12. The van der Waals surface area contributed by atoms with E-state index in [-0.39, 0.29) is 11.8 Å². The predicted octanol–water partition coefficient (Wildman–Crippen LogP) is 1.63. The fourth-order valence-electron chi connectivity index (χ4n) is 4.33. The van der Waals surface area contributed by atoms with Gasteiger partial charge in [0, 0.05) is 29.9 Å². The second-order valence-electron chi connectivity index (χ2n) is 7.40. The third kappa shape index (κ3) is 2.34. The number of nitrogens with zero attached hydrogens (tertiary/aromatic N) is 3. The molecular weight excluding hydrogens is 312 g/mol. The Morgan fingerprint density at radius 1 is 1.16 bits per heavy atom. The Labute approximate surface area is 147 Å². The fourth-order valence-corrected chi connectivity index (χ4v) is 4.33. The summed E-state index contributed by atoms with van der Waals surface area (Å²) in [5.74, 6) is 1.03. The van der Waals surface area contributed by atoms with E-state index in [0.717, 1.165) is 49.4 Å². The van der Waals surface area contributed by atoms with Crippen LogP contribution in [0.2, 0.25) is 0 Å². The highest BCUT2D eigenvalue weighted by atomic mass is 16.5. The molecule has 1 N–H and O–H groups in total. The first kappa shape index (κ1) is 14.9. The molecule has 1 saturated heterocycles. The lowest BCUT2D eigenvalue weighted by Gasteiger charge is -2.49. The molecule has 0 radical (unpaired) electrons. The van der Waals surface area contributed by atoms with Crippen molar-refractivity contribution in [3.8, 4) is 5.75 Å². The van der Waals surface area contributed by atoms with E-state index in [9.17, 15) is 0 Å². The van der Waals surface area contributed by atoms with Crippen molar-refractivity contribution in [1.29, 1.82) is 0 Å². The van der Waals surface area contributed by atoms with Crippen molar-refractivity contribution in [2.45, 2.75) is 31.0 Å². The second kappa shape index (κ2) is 5.56. The number of fused-ring (bicyclic) bond motifs is 4. The minimum absolute atomic E-state index is 0.263. The van der Waals surface area contributed by atoms with Crippen LogP contribution in [0.1, 0.15) is 36.4 Å². The Kier molecular flexibility index (Phi) is 3.31. The normalized spacial score (nSPS) is 30.4. The van der Waals surface area contributed by atoms with E-state index in [4.69, 9.17) is 9.84 Å². The van der Waals surface area contributed by atoms with Crippen LogP contribution in [-0.2, 0) is 0 Å². The summed E-state index contributed by atoms with van der Waals surface area (Å²) in [7, 11) is 2.26. The van der Waals surface area contributed by atoms with Crippen LogP contribution in [0.4, 0.5) is 0 Å². The van der Waals surface area contributed by atoms with Crippen LogP contribution >= 0.6 is 0 Å². The van der Waals surface area contributed by atoms with Crippen LogP contribution in [-0.4, -0.2) is 41.6 Å². The van der Waals surface area contributed by atoms with Crippen molar-refractivity contribution in [3.05, 3.63) is 59.9 Å². The highest BCUT2D eigenvalue weighted by Gasteiger charge is 2.52. The van der Waals surface area contributed by atoms with Crippen LogP contribution in [0.5, 0.6) is 5.75 Å². The van der Waals surface area contributed by atoms with Gasteiger partial charge in [0.2, 0.25) is 5.72 Å². The largest absolute Gasteiger partial charge is 0.466 e. The number of hydrogen-bond acceptors (Lipinski definition) is 4. The molecule has 5 nitrogen and oxygen atoms in total. The Hall–Kier alpha value is -2.40. The molecule has 1 spiro atoms. The zero-order chi connectivity index (χ0) is 16.9. The fraction of sp³-hybridized carbons (Fsp3) is 0.400. The smallest absolute Gasteiger partial charge is 0.208 e. The van der Waals surface area contributed by atoms with E-state index in [2.05, 4.69) is 47.4 Å². The molecule has 1 aromatic carbocycles. The summed E-state index contributed by atoms with van der Waals surface area (Å²) < 4.78 is 6.60. The SMILES string of the molecule is C[NH+]1CCC2(CC1)Oc1ccccc1[C@H]1CC(c3cccnc3)=NN12. The zero-order valence-corrected chi connectivity index (χ0v) is 14.5. The quantitative estimate of drug-likeness (QED) is 0.861. The number of pyridine rings is 1. The Morgan fingerprint density at radius 3 is 2.80 bits per heavy atom. The molecule has 3 aliphatic rings. The van der Waals surface area contributed by atoms with Gasteiger partial charge in [-0.25, -0.2) is 5.01 Å². The number of para-hydroxylation sites is 1. The van der Waals surface area contributed by atoms with Gasteiger partial charge in [0.1, 0.15) is 5.75 Å². The topological polar surface area (TPSA) is 42.2 Å². The van der Waals surface area contributed by atoms with Crippen LogP contribution in [0, 0.1) is 0 Å². The first-order valence-electron chi connectivity index (χ1n) is 9.12. The number of aromatic nitrogens is 1. The van der Waals surface area contributed by atoms with E-state index in [1.807, 2.05) is 18.5 Å². The molecular formula is C20H23N4O+. The summed E-state index contributed by atoms with van der Waals surface area (Å²) in [4.78, 5) is 5.84. The first-order valence-corrected chi connectivity index (χ1v) is 9.12. The minimum Gasteiger partial charge on any atom is -0.466 e. The molecule has 1 atom stereocenters. The average molecular weight is 335 g/mol. The van der Waals surface area contributed by atoms with Crippen molar-refractivity contribution in [3.63, 3.8) is 0 Å². The number of hydrazone groups is 1. The lowest BCUT2D eigenvalue weighted by Crippen LogP contribution is -3.11. The van der Waals surface area contributed by atoms with E-state index in [0.29, 0.717) is 0 Å². The van der Waals surface area contributed by atoms with E-state index in [1.165, 1.54) is 5.56 Å². The van der Waals surface area contributed by atoms with Crippen LogP contribution in [0.15, 0.2) is 53.9 Å². The van der Waals surface area contributed by atoms with Gasteiger partial charge in [-0.1, -0.05) is 24.3 Å². The van der Waals surface area contributed by atoms with E-state index in [1.54, 1.807) is 4.90 Å². The molecule has 0 aliphatic carbocycles.